The molecule has 1 amide bonds. The van der Waals surface area contributed by atoms with Gasteiger partial charge in [0.05, 0.1) is 6.10 Å². The fourth-order valence-electron chi connectivity index (χ4n) is 3.90. The van der Waals surface area contributed by atoms with E-state index in [-0.39, 0.29) is 17.4 Å². The highest BCUT2D eigenvalue weighted by Crippen LogP contribution is 2.50. The SMILES string of the molecule is CCOC1CC(N)(C(=O)N2CCN(c3ccc(Cl)cc3)CC2)C1(C)C. The number of nitrogens with two attached hydrogens (primary N) is 1. The van der Waals surface area contributed by atoms with Crippen molar-refractivity contribution < 1.29 is 9.53 Å². The van der Waals surface area contributed by atoms with Crippen LogP contribution in [0.1, 0.15) is 27.2 Å². The first-order valence-electron chi connectivity index (χ1n) is 9.00. The third kappa shape index (κ3) is 3.14. The molecule has 0 bridgehead atoms. The fourth-order valence-corrected chi connectivity index (χ4v) is 4.03. The molecule has 0 radical (unpaired) electrons. The van der Waals surface area contributed by atoms with E-state index in [2.05, 4.69) is 4.90 Å². The molecule has 3 rings (SSSR count). The van der Waals surface area contributed by atoms with E-state index in [9.17, 15) is 4.79 Å². The second-order valence-electron chi connectivity index (χ2n) is 7.60. The van der Waals surface area contributed by atoms with Crippen LogP contribution < -0.4 is 10.6 Å². The summed E-state index contributed by atoms with van der Waals surface area (Å²) < 4.78 is 5.74. The summed E-state index contributed by atoms with van der Waals surface area (Å²) >= 11 is 5.95. The third-order valence-electron chi connectivity index (χ3n) is 5.97. The minimum Gasteiger partial charge on any atom is -0.378 e. The monoisotopic (exact) mass is 365 g/mol. The summed E-state index contributed by atoms with van der Waals surface area (Å²) in [5, 5.41) is 0.735. The van der Waals surface area contributed by atoms with E-state index in [1.165, 1.54) is 0 Å². The van der Waals surface area contributed by atoms with Gasteiger partial charge in [0.2, 0.25) is 5.91 Å². The molecular weight excluding hydrogens is 338 g/mol. The lowest BCUT2D eigenvalue weighted by Gasteiger charge is -2.59. The largest absolute Gasteiger partial charge is 0.378 e. The lowest BCUT2D eigenvalue weighted by atomic mass is 9.54. The lowest BCUT2D eigenvalue weighted by Crippen LogP contribution is -2.76. The van der Waals surface area contributed by atoms with E-state index in [4.69, 9.17) is 22.1 Å². The van der Waals surface area contributed by atoms with Gasteiger partial charge in [-0.3, -0.25) is 4.79 Å². The molecule has 0 aromatic heterocycles. The molecule has 6 heteroatoms. The molecule has 2 aliphatic rings. The molecule has 1 aliphatic carbocycles. The van der Waals surface area contributed by atoms with Crippen molar-refractivity contribution in [1.29, 1.82) is 0 Å². The average Bonchev–Trinajstić information content (AvgIpc) is 2.61. The number of carbonyl (C=O) groups excluding carboxylic acids is 1. The van der Waals surface area contributed by atoms with Gasteiger partial charge in [-0.2, -0.15) is 0 Å². The number of benzene rings is 1. The minimum atomic E-state index is -0.824. The Morgan fingerprint density at radius 3 is 2.36 bits per heavy atom. The van der Waals surface area contributed by atoms with Crippen LogP contribution in [0, 0.1) is 5.41 Å². The number of rotatable bonds is 4. The zero-order valence-corrected chi connectivity index (χ0v) is 16.1. The summed E-state index contributed by atoms with van der Waals surface area (Å²) in [6.45, 7) is 9.70. The molecule has 138 valence electrons. The molecule has 5 nitrogen and oxygen atoms in total. The first-order valence-corrected chi connectivity index (χ1v) is 9.38. The topological polar surface area (TPSA) is 58.8 Å². The molecular formula is C19H28ClN3O2. The first-order chi connectivity index (χ1) is 11.8. The van der Waals surface area contributed by atoms with Crippen LogP contribution in [0.3, 0.4) is 0 Å². The quantitative estimate of drug-likeness (QED) is 0.890. The summed E-state index contributed by atoms with van der Waals surface area (Å²) in [7, 11) is 0. The minimum absolute atomic E-state index is 0.0572. The summed E-state index contributed by atoms with van der Waals surface area (Å²) in [4.78, 5) is 17.3. The van der Waals surface area contributed by atoms with E-state index in [1.54, 1.807) is 0 Å². The van der Waals surface area contributed by atoms with Crippen molar-refractivity contribution in [3.8, 4) is 0 Å². The number of carbonyl (C=O) groups is 1. The van der Waals surface area contributed by atoms with Crippen molar-refractivity contribution in [1.82, 2.24) is 4.90 Å². The number of amides is 1. The van der Waals surface area contributed by atoms with Crippen LogP contribution in [-0.2, 0) is 9.53 Å². The Hall–Kier alpha value is -1.30. The number of hydrogen-bond acceptors (Lipinski definition) is 4. The molecule has 0 spiro atoms. The van der Waals surface area contributed by atoms with Gasteiger partial charge in [0, 0.05) is 55.3 Å². The predicted octanol–water partition coefficient (Wildman–Crippen LogP) is 2.52. The second kappa shape index (κ2) is 6.78. The molecule has 1 aromatic rings. The van der Waals surface area contributed by atoms with Crippen LogP contribution in [0.2, 0.25) is 5.02 Å². The molecule has 1 aromatic carbocycles. The maximum absolute atomic E-state index is 13.1. The van der Waals surface area contributed by atoms with Gasteiger partial charge in [-0.1, -0.05) is 25.4 Å². The van der Waals surface area contributed by atoms with Gasteiger partial charge in [0.1, 0.15) is 5.54 Å². The normalized spacial score (nSPS) is 28.6. The van der Waals surface area contributed by atoms with Crippen LogP contribution in [-0.4, -0.2) is 55.2 Å². The summed E-state index contributed by atoms with van der Waals surface area (Å²) in [6, 6.07) is 7.83. The number of halogens is 1. The van der Waals surface area contributed by atoms with E-state index in [0.29, 0.717) is 26.1 Å². The van der Waals surface area contributed by atoms with Crippen molar-refractivity contribution in [2.45, 2.75) is 38.8 Å². The average molecular weight is 366 g/mol. The fraction of sp³-hybridized carbons (Fsp3) is 0.632. The van der Waals surface area contributed by atoms with E-state index < -0.39 is 5.54 Å². The zero-order valence-electron chi connectivity index (χ0n) is 15.3. The van der Waals surface area contributed by atoms with Gasteiger partial charge in [-0.25, -0.2) is 0 Å². The lowest BCUT2D eigenvalue weighted by molar-refractivity contribution is -0.179. The predicted molar refractivity (Wildman–Crippen MR) is 101 cm³/mol. The number of anilines is 1. The Morgan fingerprint density at radius 2 is 1.84 bits per heavy atom. The molecule has 2 fully saturated rings. The van der Waals surface area contributed by atoms with Gasteiger partial charge in [-0.05, 0) is 31.2 Å². The molecule has 1 saturated carbocycles. The van der Waals surface area contributed by atoms with Gasteiger partial charge in [0.15, 0.2) is 0 Å². The Bertz CT molecular complexity index is 626. The highest BCUT2D eigenvalue weighted by molar-refractivity contribution is 6.30. The van der Waals surface area contributed by atoms with Crippen LogP contribution >= 0.6 is 11.6 Å². The van der Waals surface area contributed by atoms with Crippen molar-refractivity contribution in [3.63, 3.8) is 0 Å². The van der Waals surface area contributed by atoms with E-state index in [1.807, 2.05) is 49.9 Å². The third-order valence-corrected chi connectivity index (χ3v) is 6.22. The number of piperazine rings is 1. The van der Waals surface area contributed by atoms with Gasteiger partial charge >= 0.3 is 0 Å². The number of nitrogens with zero attached hydrogens (tertiary/aromatic N) is 2. The molecule has 1 saturated heterocycles. The van der Waals surface area contributed by atoms with Gasteiger partial charge in [0.25, 0.3) is 0 Å². The number of hydrogen-bond donors (Lipinski definition) is 1. The zero-order chi connectivity index (χ0) is 18.2. The van der Waals surface area contributed by atoms with Crippen LogP contribution in [0.4, 0.5) is 5.69 Å². The van der Waals surface area contributed by atoms with Crippen molar-refractivity contribution in [2.24, 2.45) is 11.1 Å². The Balaban J connectivity index is 1.61. The second-order valence-corrected chi connectivity index (χ2v) is 8.03. The molecule has 1 heterocycles. The van der Waals surface area contributed by atoms with Crippen LogP contribution in [0.15, 0.2) is 24.3 Å². The van der Waals surface area contributed by atoms with Crippen molar-refractivity contribution in [2.75, 3.05) is 37.7 Å². The highest BCUT2D eigenvalue weighted by atomic mass is 35.5. The first kappa shape index (κ1) is 18.5. The Morgan fingerprint density at radius 1 is 1.24 bits per heavy atom. The molecule has 1 aliphatic heterocycles. The summed E-state index contributed by atoms with van der Waals surface area (Å²) in [6.07, 6.45) is 0.658. The Kier molecular flexibility index (Phi) is 5.02. The van der Waals surface area contributed by atoms with Crippen molar-refractivity contribution in [3.05, 3.63) is 29.3 Å². The number of ether oxygens (including phenoxy) is 1. The van der Waals surface area contributed by atoms with Gasteiger partial charge < -0.3 is 20.3 Å². The van der Waals surface area contributed by atoms with Gasteiger partial charge in [-0.15, -0.1) is 0 Å². The maximum atomic E-state index is 13.1. The molecule has 2 N–H and O–H groups in total. The smallest absolute Gasteiger partial charge is 0.243 e. The van der Waals surface area contributed by atoms with E-state index in [0.717, 1.165) is 23.8 Å². The standard InChI is InChI=1S/C19H28ClN3O2/c1-4-25-16-13-19(21,18(16,2)3)17(24)23-11-9-22(10-12-23)15-7-5-14(20)6-8-15/h5-8,16H,4,9-13,21H2,1-3H3. The molecule has 25 heavy (non-hydrogen) atoms. The molecule has 2 unspecified atom stereocenters. The summed E-state index contributed by atoms with van der Waals surface area (Å²) in [5.74, 6) is 0.0595. The highest BCUT2D eigenvalue weighted by Gasteiger charge is 2.63. The Labute approximate surface area is 155 Å². The van der Waals surface area contributed by atoms with Crippen molar-refractivity contribution >= 4 is 23.2 Å². The summed E-state index contributed by atoms with van der Waals surface area (Å²) in [5.41, 5.74) is 6.51. The maximum Gasteiger partial charge on any atom is 0.243 e. The van der Waals surface area contributed by atoms with Crippen LogP contribution in [0.5, 0.6) is 0 Å². The van der Waals surface area contributed by atoms with E-state index >= 15 is 0 Å². The van der Waals surface area contributed by atoms with Crippen LogP contribution in [0.25, 0.3) is 0 Å². The molecule has 2 atom stereocenters.